The predicted molar refractivity (Wildman–Crippen MR) is 95.1 cm³/mol. The molecule has 116 valence electrons. The third-order valence-corrected chi connectivity index (χ3v) is 5.97. The Morgan fingerprint density at radius 2 is 1.77 bits per heavy atom. The van der Waals surface area contributed by atoms with Crippen LogP contribution in [0.15, 0.2) is 45.8 Å². The fraction of sp³-hybridized carbons (Fsp3) is 0.143. The van der Waals surface area contributed by atoms with Crippen molar-refractivity contribution in [3.05, 3.63) is 44.4 Å². The molecule has 0 bridgehead atoms. The molecule has 0 radical (unpaired) electrons. The molecule has 0 saturated carbocycles. The van der Waals surface area contributed by atoms with Gasteiger partial charge in [-0.15, -0.1) is 0 Å². The minimum Gasteiger partial charge on any atom is -0.486 e. The summed E-state index contributed by atoms with van der Waals surface area (Å²) in [5.74, 6) is 0.962. The monoisotopic (exact) mass is 495 g/mol. The van der Waals surface area contributed by atoms with Crippen LogP contribution >= 0.6 is 38.5 Å². The zero-order valence-electron chi connectivity index (χ0n) is 11.2. The minimum atomic E-state index is -3.73. The lowest BCUT2D eigenvalue weighted by Crippen LogP contribution is -2.18. The molecule has 0 spiro atoms. The van der Waals surface area contributed by atoms with Crippen LogP contribution < -0.4 is 14.2 Å². The molecular weight excluding hydrogens is 485 g/mol. The van der Waals surface area contributed by atoms with E-state index in [0.29, 0.717) is 34.9 Å². The summed E-state index contributed by atoms with van der Waals surface area (Å²) in [4.78, 5) is 0.107. The minimum absolute atomic E-state index is 0.107. The Hall–Kier alpha value is -1.00. The molecule has 8 heteroatoms. The number of benzene rings is 2. The van der Waals surface area contributed by atoms with Gasteiger partial charge in [0.15, 0.2) is 11.5 Å². The number of anilines is 1. The van der Waals surface area contributed by atoms with Gasteiger partial charge in [-0.25, -0.2) is 8.42 Å². The van der Waals surface area contributed by atoms with Gasteiger partial charge in [0.05, 0.1) is 0 Å². The standard InChI is InChI=1S/C14H11BrINO4S/c15-11-7-12-13(21-5-4-20-12)8-14(11)22(18,19)17-10-3-1-2-9(16)6-10/h1-3,6-8,17H,4-5H2. The van der Waals surface area contributed by atoms with Crippen LogP contribution in [0.25, 0.3) is 0 Å². The summed E-state index contributed by atoms with van der Waals surface area (Å²) in [5, 5.41) is 0. The average molecular weight is 496 g/mol. The average Bonchev–Trinajstić information content (AvgIpc) is 2.46. The summed E-state index contributed by atoms with van der Waals surface area (Å²) in [5.41, 5.74) is 0.508. The first-order valence-corrected chi connectivity index (χ1v) is 9.69. The van der Waals surface area contributed by atoms with Gasteiger partial charge in [0, 0.05) is 19.8 Å². The number of hydrogen-bond acceptors (Lipinski definition) is 4. The summed E-state index contributed by atoms with van der Waals surface area (Å²) < 4.78 is 40.0. The highest BCUT2D eigenvalue weighted by atomic mass is 127. The highest BCUT2D eigenvalue weighted by molar-refractivity contribution is 14.1. The Balaban J connectivity index is 1.98. The van der Waals surface area contributed by atoms with Gasteiger partial charge in [0.25, 0.3) is 10.0 Å². The quantitative estimate of drug-likeness (QED) is 0.660. The summed E-state index contributed by atoms with van der Waals surface area (Å²) in [6, 6.07) is 10.2. The van der Waals surface area contributed by atoms with Crippen LogP contribution in [-0.4, -0.2) is 21.6 Å². The molecule has 2 aromatic carbocycles. The van der Waals surface area contributed by atoms with Crippen molar-refractivity contribution < 1.29 is 17.9 Å². The van der Waals surface area contributed by atoms with E-state index in [0.717, 1.165) is 3.57 Å². The number of halogens is 2. The fourth-order valence-corrected chi connectivity index (χ4v) is 4.64. The second-order valence-electron chi connectivity index (χ2n) is 4.54. The van der Waals surface area contributed by atoms with Gasteiger partial charge in [-0.05, 0) is 62.8 Å². The fourth-order valence-electron chi connectivity index (χ4n) is 2.01. The Kier molecular flexibility index (Phi) is 4.51. The number of hydrogen-bond donors (Lipinski definition) is 1. The SMILES string of the molecule is O=S(=O)(Nc1cccc(I)c1)c1cc2c(cc1Br)OCCO2. The third kappa shape index (κ3) is 3.33. The van der Waals surface area contributed by atoms with Crippen molar-refractivity contribution in [1.82, 2.24) is 0 Å². The molecule has 0 unspecified atom stereocenters. The van der Waals surface area contributed by atoms with Gasteiger partial charge in [0.2, 0.25) is 0 Å². The van der Waals surface area contributed by atoms with Crippen LogP contribution in [0.3, 0.4) is 0 Å². The normalized spacial score (nSPS) is 13.7. The van der Waals surface area contributed by atoms with Crippen LogP contribution in [0.5, 0.6) is 11.5 Å². The van der Waals surface area contributed by atoms with Gasteiger partial charge in [-0.1, -0.05) is 6.07 Å². The Bertz CT molecular complexity index is 826. The highest BCUT2D eigenvalue weighted by Gasteiger charge is 2.23. The maximum Gasteiger partial charge on any atom is 0.263 e. The van der Waals surface area contributed by atoms with Crippen molar-refractivity contribution in [3.8, 4) is 11.5 Å². The topological polar surface area (TPSA) is 64.6 Å². The van der Waals surface area contributed by atoms with Crippen molar-refractivity contribution in [2.45, 2.75) is 4.90 Å². The van der Waals surface area contributed by atoms with Crippen LogP contribution in [0.1, 0.15) is 0 Å². The number of ether oxygens (including phenoxy) is 2. The summed E-state index contributed by atoms with van der Waals surface area (Å²) in [6.07, 6.45) is 0. The van der Waals surface area contributed by atoms with E-state index in [-0.39, 0.29) is 4.90 Å². The number of nitrogens with one attached hydrogen (secondary N) is 1. The Labute approximate surface area is 150 Å². The molecule has 3 rings (SSSR count). The predicted octanol–water partition coefficient (Wildman–Crippen LogP) is 3.63. The molecule has 1 aliphatic rings. The molecule has 0 fully saturated rings. The first-order chi connectivity index (χ1) is 10.5. The molecule has 0 saturated heterocycles. The molecule has 1 N–H and O–H groups in total. The van der Waals surface area contributed by atoms with Crippen LogP contribution in [-0.2, 0) is 10.0 Å². The van der Waals surface area contributed by atoms with Crippen molar-refractivity contribution in [1.29, 1.82) is 0 Å². The zero-order chi connectivity index (χ0) is 15.7. The molecule has 0 amide bonds. The van der Waals surface area contributed by atoms with Crippen LogP contribution in [0, 0.1) is 3.57 Å². The molecule has 0 atom stereocenters. The van der Waals surface area contributed by atoms with Gasteiger partial charge in [0.1, 0.15) is 18.1 Å². The number of sulfonamides is 1. The molecule has 22 heavy (non-hydrogen) atoms. The van der Waals surface area contributed by atoms with Crippen molar-refractivity contribution in [2.75, 3.05) is 17.9 Å². The lowest BCUT2D eigenvalue weighted by atomic mass is 10.3. The lowest BCUT2D eigenvalue weighted by Gasteiger charge is -2.20. The Morgan fingerprint density at radius 1 is 1.09 bits per heavy atom. The molecule has 5 nitrogen and oxygen atoms in total. The number of fused-ring (bicyclic) bond motifs is 1. The van der Waals surface area contributed by atoms with Gasteiger partial charge < -0.3 is 9.47 Å². The van der Waals surface area contributed by atoms with E-state index in [9.17, 15) is 8.42 Å². The summed E-state index contributed by atoms with van der Waals surface area (Å²) in [7, 11) is -3.73. The smallest absolute Gasteiger partial charge is 0.263 e. The molecule has 0 aromatic heterocycles. The molecule has 1 heterocycles. The Morgan fingerprint density at radius 3 is 2.45 bits per heavy atom. The maximum absolute atomic E-state index is 12.6. The van der Waals surface area contributed by atoms with E-state index in [1.807, 2.05) is 6.07 Å². The van der Waals surface area contributed by atoms with E-state index in [4.69, 9.17) is 9.47 Å². The van der Waals surface area contributed by atoms with Gasteiger partial charge in [-0.3, -0.25) is 4.72 Å². The first-order valence-electron chi connectivity index (χ1n) is 6.33. The molecular formula is C14H11BrINO4S. The maximum atomic E-state index is 12.6. The van der Waals surface area contributed by atoms with E-state index in [2.05, 4.69) is 43.2 Å². The molecule has 1 aliphatic heterocycles. The summed E-state index contributed by atoms with van der Waals surface area (Å²) in [6.45, 7) is 0.852. The van der Waals surface area contributed by atoms with E-state index in [1.54, 1.807) is 24.3 Å². The van der Waals surface area contributed by atoms with Gasteiger partial charge in [-0.2, -0.15) is 0 Å². The third-order valence-electron chi connectivity index (χ3n) is 2.96. The van der Waals surface area contributed by atoms with Crippen LogP contribution in [0.4, 0.5) is 5.69 Å². The zero-order valence-corrected chi connectivity index (χ0v) is 15.7. The van der Waals surface area contributed by atoms with Crippen molar-refractivity contribution in [2.24, 2.45) is 0 Å². The second-order valence-corrected chi connectivity index (χ2v) is 8.29. The van der Waals surface area contributed by atoms with E-state index < -0.39 is 10.0 Å². The van der Waals surface area contributed by atoms with Crippen LogP contribution in [0.2, 0.25) is 0 Å². The van der Waals surface area contributed by atoms with Gasteiger partial charge >= 0.3 is 0 Å². The lowest BCUT2D eigenvalue weighted by molar-refractivity contribution is 0.171. The largest absolute Gasteiger partial charge is 0.486 e. The van der Waals surface area contributed by atoms with Crippen molar-refractivity contribution >= 4 is 54.2 Å². The number of rotatable bonds is 3. The summed E-state index contributed by atoms with van der Waals surface area (Å²) >= 11 is 5.41. The highest BCUT2D eigenvalue weighted by Crippen LogP contribution is 2.37. The van der Waals surface area contributed by atoms with E-state index >= 15 is 0 Å². The first kappa shape index (κ1) is 15.9. The van der Waals surface area contributed by atoms with E-state index in [1.165, 1.54) is 6.07 Å². The molecule has 2 aromatic rings. The van der Waals surface area contributed by atoms with Crippen molar-refractivity contribution in [3.63, 3.8) is 0 Å². The molecule has 0 aliphatic carbocycles. The second kappa shape index (κ2) is 6.25.